The fourth-order valence-electron chi connectivity index (χ4n) is 1.04. The summed E-state index contributed by atoms with van der Waals surface area (Å²) in [6.07, 6.45) is 0. The molecule has 0 amide bonds. The lowest BCUT2D eigenvalue weighted by Crippen LogP contribution is -2.26. The molecule has 6 heteroatoms. The van der Waals surface area contributed by atoms with E-state index in [0.29, 0.717) is 12.2 Å². The average Bonchev–Trinajstić information content (AvgIpc) is 2.16. The number of guanidine groups is 2. The summed E-state index contributed by atoms with van der Waals surface area (Å²) in [5.41, 5.74) is 22.9. The van der Waals surface area contributed by atoms with E-state index in [0.717, 1.165) is 5.56 Å². The smallest absolute Gasteiger partial charge is 0.223 e. The molecule has 0 aliphatic carbocycles. The largest absolute Gasteiger partial charge is 0.370 e. The van der Waals surface area contributed by atoms with E-state index in [-0.39, 0.29) is 11.9 Å². The van der Waals surface area contributed by atoms with Crippen LogP contribution in [-0.2, 0) is 6.54 Å². The van der Waals surface area contributed by atoms with E-state index in [4.69, 9.17) is 22.9 Å². The molecular weight excluding hydrogens is 192 g/mol. The van der Waals surface area contributed by atoms with E-state index in [2.05, 4.69) is 9.98 Å². The lowest BCUT2D eigenvalue weighted by Gasteiger charge is -1.99. The molecule has 0 radical (unpaired) electrons. The van der Waals surface area contributed by atoms with Crippen LogP contribution in [0.1, 0.15) is 5.56 Å². The minimum absolute atomic E-state index is 0.0178. The zero-order chi connectivity index (χ0) is 11.3. The van der Waals surface area contributed by atoms with Crippen LogP contribution in [-0.4, -0.2) is 11.9 Å². The molecule has 80 valence electrons. The van der Waals surface area contributed by atoms with Crippen molar-refractivity contribution >= 4 is 17.6 Å². The molecule has 1 aromatic carbocycles. The Balaban J connectivity index is 2.92. The molecule has 0 atom stereocenters. The van der Waals surface area contributed by atoms with Gasteiger partial charge in [-0.2, -0.15) is 4.99 Å². The van der Waals surface area contributed by atoms with Crippen molar-refractivity contribution in [3.8, 4) is 0 Å². The van der Waals surface area contributed by atoms with Gasteiger partial charge in [-0.3, -0.25) is 0 Å². The van der Waals surface area contributed by atoms with Gasteiger partial charge in [0.25, 0.3) is 0 Å². The molecule has 0 saturated carbocycles. The Morgan fingerprint density at radius 1 is 1.20 bits per heavy atom. The van der Waals surface area contributed by atoms with Crippen LogP contribution in [0.3, 0.4) is 0 Å². The molecule has 0 aliphatic heterocycles. The first-order valence-corrected chi connectivity index (χ1v) is 4.34. The first-order chi connectivity index (χ1) is 7.11. The molecule has 0 bridgehead atoms. The summed E-state index contributed by atoms with van der Waals surface area (Å²) in [5, 5.41) is 0. The molecule has 8 N–H and O–H groups in total. The highest BCUT2D eigenvalue weighted by molar-refractivity contribution is 5.93. The van der Waals surface area contributed by atoms with Crippen LogP contribution in [0, 0.1) is 0 Å². The summed E-state index contributed by atoms with van der Waals surface area (Å²) >= 11 is 0. The van der Waals surface area contributed by atoms with Crippen LogP contribution in [0.25, 0.3) is 0 Å². The van der Waals surface area contributed by atoms with Gasteiger partial charge in [0, 0.05) is 6.54 Å². The molecule has 1 aromatic rings. The zero-order valence-corrected chi connectivity index (χ0v) is 8.22. The highest BCUT2D eigenvalue weighted by Crippen LogP contribution is 2.13. The van der Waals surface area contributed by atoms with Gasteiger partial charge >= 0.3 is 0 Å². The van der Waals surface area contributed by atoms with Gasteiger partial charge in [0.15, 0.2) is 5.96 Å². The highest BCUT2D eigenvalue weighted by Gasteiger charge is 1.94. The Kier molecular flexibility index (Phi) is 3.64. The van der Waals surface area contributed by atoms with Crippen LogP contribution < -0.4 is 22.9 Å². The molecule has 0 unspecified atom stereocenters. The van der Waals surface area contributed by atoms with Crippen molar-refractivity contribution in [2.45, 2.75) is 6.54 Å². The number of hydrogen-bond acceptors (Lipinski definition) is 2. The number of benzene rings is 1. The first kappa shape index (κ1) is 11.0. The van der Waals surface area contributed by atoms with Crippen LogP contribution in [0.5, 0.6) is 0 Å². The normalized spacial score (nSPS) is 11.1. The molecular formula is C9H14N6. The number of rotatable bonds is 2. The quantitative estimate of drug-likeness (QED) is 0.379. The Morgan fingerprint density at radius 3 is 2.53 bits per heavy atom. The monoisotopic (exact) mass is 206 g/mol. The summed E-state index contributed by atoms with van der Waals surface area (Å²) < 4.78 is 0. The molecule has 0 fully saturated rings. The summed E-state index contributed by atoms with van der Waals surface area (Å²) in [6.45, 7) is 0.450. The third kappa shape index (κ3) is 3.65. The summed E-state index contributed by atoms with van der Waals surface area (Å²) in [4.78, 5) is 7.60. The van der Waals surface area contributed by atoms with Crippen LogP contribution >= 0.6 is 0 Å². The van der Waals surface area contributed by atoms with Gasteiger partial charge in [0.1, 0.15) is 0 Å². The van der Waals surface area contributed by atoms with Crippen molar-refractivity contribution in [3.05, 3.63) is 29.8 Å². The number of hydrogen-bond donors (Lipinski definition) is 4. The summed E-state index contributed by atoms with van der Waals surface area (Å²) in [6, 6.07) is 7.34. The van der Waals surface area contributed by atoms with Gasteiger partial charge in [0.2, 0.25) is 5.96 Å². The van der Waals surface area contributed by atoms with Crippen molar-refractivity contribution in [3.63, 3.8) is 0 Å². The predicted octanol–water partition coefficient (Wildman–Crippen LogP) is -0.635. The molecule has 0 heterocycles. The number of nitrogens with two attached hydrogens (primary N) is 4. The van der Waals surface area contributed by atoms with E-state index >= 15 is 0 Å². The second-order valence-electron chi connectivity index (χ2n) is 2.88. The standard InChI is InChI=1S/C9H14N6/c10-5-6-2-1-3-7(4-6)14-9(13)15-8(11)12/h1-4H,5,10H2,(H6,11,12,13,14,15). The van der Waals surface area contributed by atoms with E-state index in [1.807, 2.05) is 18.2 Å². The van der Waals surface area contributed by atoms with Crippen molar-refractivity contribution in [1.82, 2.24) is 0 Å². The molecule has 0 spiro atoms. The molecule has 0 saturated heterocycles. The van der Waals surface area contributed by atoms with Gasteiger partial charge in [0.05, 0.1) is 5.69 Å². The summed E-state index contributed by atoms with van der Waals surface area (Å²) in [7, 11) is 0. The van der Waals surface area contributed by atoms with Crippen molar-refractivity contribution in [2.24, 2.45) is 32.9 Å². The van der Waals surface area contributed by atoms with Crippen molar-refractivity contribution < 1.29 is 0 Å². The highest BCUT2D eigenvalue weighted by atomic mass is 15.1. The average molecular weight is 206 g/mol. The lowest BCUT2D eigenvalue weighted by molar-refractivity contribution is 1.07. The van der Waals surface area contributed by atoms with Gasteiger partial charge in [-0.15, -0.1) is 0 Å². The molecule has 0 aliphatic rings. The second-order valence-corrected chi connectivity index (χ2v) is 2.88. The Labute approximate surface area is 87.7 Å². The molecule has 1 rings (SSSR count). The maximum Gasteiger partial charge on any atom is 0.223 e. The maximum atomic E-state index is 5.48. The Morgan fingerprint density at radius 2 is 1.93 bits per heavy atom. The van der Waals surface area contributed by atoms with Crippen LogP contribution in [0.15, 0.2) is 34.3 Å². The fraction of sp³-hybridized carbons (Fsp3) is 0.111. The predicted molar refractivity (Wildman–Crippen MR) is 61.4 cm³/mol. The zero-order valence-electron chi connectivity index (χ0n) is 8.22. The van der Waals surface area contributed by atoms with E-state index in [1.54, 1.807) is 6.07 Å². The fourth-order valence-corrected chi connectivity index (χ4v) is 1.04. The van der Waals surface area contributed by atoms with Crippen LogP contribution in [0.2, 0.25) is 0 Å². The van der Waals surface area contributed by atoms with E-state index < -0.39 is 0 Å². The third-order valence-electron chi connectivity index (χ3n) is 1.63. The third-order valence-corrected chi connectivity index (χ3v) is 1.63. The van der Waals surface area contributed by atoms with Gasteiger partial charge in [-0.25, -0.2) is 4.99 Å². The van der Waals surface area contributed by atoms with Crippen LogP contribution in [0.4, 0.5) is 5.69 Å². The van der Waals surface area contributed by atoms with Crippen molar-refractivity contribution in [2.75, 3.05) is 0 Å². The molecule has 15 heavy (non-hydrogen) atoms. The molecule has 6 nitrogen and oxygen atoms in total. The SMILES string of the molecule is NCc1cccc(N=C(N)N=C(N)N)c1. The van der Waals surface area contributed by atoms with Gasteiger partial charge in [-0.1, -0.05) is 12.1 Å². The maximum absolute atomic E-state index is 5.48. The first-order valence-electron chi connectivity index (χ1n) is 4.34. The van der Waals surface area contributed by atoms with Gasteiger partial charge in [-0.05, 0) is 17.7 Å². The Hall–Kier alpha value is -2.08. The number of aliphatic imine (C=N–C) groups is 2. The van der Waals surface area contributed by atoms with E-state index in [1.165, 1.54) is 0 Å². The Bertz CT molecular complexity index is 391. The van der Waals surface area contributed by atoms with Gasteiger partial charge < -0.3 is 22.9 Å². The van der Waals surface area contributed by atoms with E-state index in [9.17, 15) is 0 Å². The summed E-state index contributed by atoms with van der Waals surface area (Å²) in [5.74, 6) is -0.101. The minimum atomic E-state index is -0.119. The minimum Gasteiger partial charge on any atom is -0.370 e. The second kappa shape index (κ2) is 4.97. The topological polar surface area (TPSA) is 129 Å². The van der Waals surface area contributed by atoms with Crippen molar-refractivity contribution in [1.29, 1.82) is 0 Å². The molecule has 0 aromatic heterocycles. The number of nitrogens with zero attached hydrogens (tertiary/aromatic N) is 2. The lowest BCUT2D eigenvalue weighted by atomic mass is 10.2.